The summed E-state index contributed by atoms with van der Waals surface area (Å²) < 4.78 is 106. The number of nitrogen functional groups attached to an aromatic ring is 3. The monoisotopic (exact) mass is 1180 g/mol. The number of nitrogens with zero attached hydrogens (tertiary/aromatic N) is 10. The molecule has 15 N–H and O–H groups in total. The number of anilines is 3. The molecule has 3 aliphatic rings. The van der Waals surface area contributed by atoms with E-state index in [1.54, 1.807) is 0 Å². The van der Waals surface area contributed by atoms with Crippen molar-refractivity contribution in [2.45, 2.75) is 73.5 Å². The smallest absolute Gasteiger partial charge is 0.490 e. The van der Waals surface area contributed by atoms with E-state index < -0.39 is 147 Å². The van der Waals surface area contributed by atoms with Crippen molar-refractivity contribution in [1.82, 2.24) is 58.9 Å². The van der Waals surface area contributed by atoms with E-state index in [-0.39, 0.29) is 51.2 Å². The number of phosphoric ester groups is 2. The Morgan fingerprint density at radius 2 is 1.38 bits per heavy atom. The number of carbonyl (C=O) groups is 1. The lowest BCUT2D eigenvalue weighted by molar-refractivity contribution is -0.745. The molecule has 16 atom stereocenters. The maximum absolute atomic E-state index is 14.3. The molecule has 3 saturated heterocycles. The molecule has 0 aliphatic carbocycles. The van der Waals surface area contributed by atoms with Crippen molar-refractivity contribution < 1.29 is 104 Å². The largest absolute Gasteiger partial charge is 0.778 e. The third-order valence-corrected chi connectivity index (χ3v) is 18.7. The van der Waals surface area contributed by atoms with E-state index in [4.69, 9.17) is 49.7 Å². The summed E-state index contributed by atoms with van der Waals surface area (Å²) in [5, 5.41) is 35.7. The lowest BCUT2D eigenvalue weighted by Gasteiger charge is -2.35. The first-order chi connectivity index (χ1) is 36.6. The Hall–Kier alpha value is -5.60. The van der Waals surface area contributed by atoms with Crippen molar-refractivity contribution in [3.63, 3.8) is 0 Å². The summed E-state index contributed by atoms with van der Waals surface area (Å²) in [5.41, 5.74) is 13.4. The Bertz CT molecular complexity index is 3600. The van der Waals surface area contributed by atoms with Crippen LogP contribution in [0.5, 0.6) is 0 Å². The molecule has 1 amide bonds. The van der Waals surface area contributed by atoms with Crippen molar-refractivity contribution in [2.24, 2.45) is 13.0 Å². The van der Waals surface area contributed by atoms with Crippen LogP contribution in [0.4, 0.5) is 17.7 Å². The molecule has 9 rings (SSSR count). The Morgan fingerprint density at radius 1 is 0.782 bits per heavy atom. The van der Waals surface area contributed by atoms with Crippen molar-refractivity contribution in [3.05, 3.63) is 46.0 Å². The number of hydrogen-bond donors (Lipinski definition) is 12. The number of nitrogens with two attached hydrogens (primary N) is 3. The first kappa shape index (κ1) is 57.1. The number of ether oxygens (including phenoxy) is 4. The number of aromatic amines is 2. The second-order valence-corrected chi connectivity index (χ2v) is 24.1. The van der Waals surface area contributed by atoms with Crippen LogP contribution in [0.25, 0.3) is 33.5 Å². The number of hydrogen-bond acceptors (Lipinski definition) is 29. The van der Waals surface area contributed by atoms with Crippen LogP contribution in [0.3, 0.4) is 0 Å². The summed E-state index contributed by atoms with van der Waals surface area (Å²) in [7, 11) is -20.0. The fourth-order valence-corrected chi connectivity index (χ4v) is 14.4. The summed E-state index contributed by atoms with van der Waals surface area (Å²) in [5.74, 6) is -2.64. The number of methoxy groups -OCH3 is 1. The van der Waals surface area contributed by atoms with E-state index in [1.807, 2.05) is 0 Å². The van der Waals surface area contributed by atoms with Crippen molar-refractivity contribution in [1.29, 1.82) is 0 Å². The van der Waals surface area contributed by atoms with Gasteiger partial charge >= 0.3 is 29.1 Å². The molecule has 3 fully saturated rings. The molecule has 0 bridgehead atoms. The number of rotatable bonds is 20. The van der Waals surface area contributed by atoms with Gasteiger partial charge in [0.25, 0.3) is 17.1 Å². The lowest BCUT2D eigenvalue weighted by atomic mass is 9.94. The van der Waals surface area contributed by atoms with Crippen LogP contribution < -0.4 is 43.1 Å². The highest BCUT2D eigenvalue weighted by Gasteiger charge is 2.55. The number of nitrogens with one attached hydrogen (secondary N) is 3. The van der Waals surface area contributed by atoms with Gasteiger partial charge in [0, 0.05) is 26.5 Å². The number of aliphatic hydroxyl groups excluding tert-OH is 3. The van der Waals surface area contributed by atoms with Crippen LogP contribution in [-0.4, -0.2) is 172 Å². The molecule has 0 aromatic carbocycles. The third kappa shape index (κ3) is 11.1. The highest BCUT2D eigenvalue weighted by molar-refractivity contribution is 7.66. The van der Waals surface area contributed by atoms with Gasteiger partial charge < -0.3 is 85.4 Å². The molecule has 9 heterocycles. The van der Waals surface area contributed by atoms with E-state index in [0.717, 1.165) is 35.2 Å². The van der Waals surface area contributed by atoms with Gasteiger partial charge in [-0.2, -0.15) is 13.6 Å². The van der Waals surface area contributed by atoms with Gasteiger partial charge in [-0.25, -0.2) is 38.2 Å². The minimum atomic E-state index is -6.26. The molecule has 6 aromatic heterocycles. The number of aromatic nitrogens is 12. The number of aryl methyl sites for hydroxylation is 1. The number of carbonyl (C=O) groups excluding carboxylic acids is 1. The molecule has 43 heteroatoms. The van der Waals surface area contributed by atoms with Crippen LogP contribution in [0, 0.1) is 5.92 Å². The summed E-state index contributed by atoms with van der Waals surface area (Å²) in [6, 6.07) is 0. The maximum atomic E-state index is 14.3. The Balaban J connectivity index is 0.894. The summed E-state index contributed by atoms with van der Waals surface area (Å²) in [4.78, 5) is 112. The molecule has 78 heavy (non-hydrogen) atoms. The molecule has 4 unspecified atom stereocenters. The number of aliphatic hydroxyl groups is 3. The van der Waals surface area contributed by atoms with Gasteiger partial charge in [-0.3, -0.25) is 47.1 Å². The topological polar surface area (TPSA) is 565 Å². The Morgan fingerprint density at radius 3 is 2.05 bits per heavy atom. The summed E-state index contributed by atoms with van der Waals surface area (Å²) in [6.45, 7) is -3.46. The minimum absolute atomic E-state index is 0.0141. The van der Waals surface area contributed by atoms with Crippen LogP contribution in [0.15, 0.2) is 34.9 Å². The van der Waals surface area contributed by atoms with Crippen LogP contribution in [0.2, 0.25) is 0 Å². The quantitative estimate of drug-likeness (QED) is 0.0252. The number of fused-ring (bicyclic) bond motifs is 3. The van der Waals surface area contributed by atoms with Gasteiger partial charge in [0.15, 0.2) is 41.4 Å². The molecule has 0 saturated carbocycles. The normalized spacial score (nSPS) is 29.7. The number of imidazole rings is 3. The molecule has 3 aliphatic heterocycles. The fraction of sp³-hybridized carbons (Fsp3) is 0.543. The van der Waals surface area contributed by atoms with Crippen molar-refractivity contribution in [2.75, 3.05) is 51.2 Å². The first-order valence-corrected chi connectivity index (χ1v) is 28.5. The molecule has 6 aromatic rings. The van der Waals surface area contributed by atoms with Gasteiger partial charge in [0.05, 0.1) is 57.4 Å². The van der Waals surface area contributed by atoms with Crippen molar-refractivity contribution in [3.8, 4) is 0 Å². The zero-order valence-corrected chi connectivity index (χ0v) is 43.8. The van der Waals surface area contributed by atoms with E-state index in [2.05, 4.69) is 53.8 Å². The van der Waals surface area contributed by atoms with Crippen molar-refractivity contribution >= 4 is 88.2 Å². The number of H-pyrrole nitrogens is 2. The van der Waals surface area contributed by atoms with Crippen LogP contribution in [0.1, 0.15) is 25.1 Å². The molecule has 0 spiro atoms. The SMILES string of the molecule is CNC(=O)C[C@H]1[C@@H](O)[C@H]([n+]2cn(C)c3c(=O)[nH]c(N)nc32)O[C@@H]1COP(=O)(O)OP(=O)(O)OP(=O)(O)OC[C@H]1O[C@@H](n2cnc3c(N)ncnc32)[C@H](OC)[C@@H]1P(=O)([O-])OC[C@H]1O[C@@H](n2cnc3c(=O)[nH]c(N)nc32)[C@H](O)[C@@H]1O. The minimum Gasteiger partial charge on any atom is -0.778 e. The molecule has 0 radical (unpaired) electrons. The second kappa shape index (κ2) is 21.5. The standard InChI is InChI=1S/C35H48N16O23P4/c1-39-16(52)4-12-13(70-31(20(12)53)51-11-48(2)19-28(51)45-35(38)47-30(19)57)5-68-76(60,61)73-78(64,65)74-77(62,63)69-7-15-24(23(66-3)33(72-15)49-9-42-17-25(36)40-8-41-26(17)49)75(58,59)67-6-14-21(54)22(55)32(71-14)50-10-43-18-27(50)44-34(37)46-29(18)56/h8-15,20-24,31-33,53-55H,4-7H2,1-3H3,(H12-,36,37,38,39,40,41,44,45,46,47,52,56,57,58,59,60,61,62,63,64,65)/t12-,13-,14-,15-,20-,21-,22-,23-,24-,31-,32-,33-/m1/s1. The average Bonchev–Trinajstić information content (AvgIpc) is 4.22. The van der Waals surface area contributed by atoms with Gasteiger partial charge in [-0.05, 0) is 0 Å². The van der Waals surface area contributed by atoms with Gasteiger partial charge in [0.1, 0.15) is 50.0 Å². The van der Waals surface area contributed by atoms with Gasteiger partial charge in [-0.1, -0.05) is 4.98 Å². The number of amides is 1. The predicted octanol–water partition coefficient (Wildman–Crippen LogP) is -4.88. The Kier molecular flexibility index (Phi) is 15.7. The molecular formula is C35H48N16O23P4. The maximum Gasteiger partial charge on any atom is 0.490 e. The van der Waals surface area contributed by atoms with E-state index >= 15 is 0 Å². The highest BCUT2D eigenvalue weighted by atomic mass is 31.3. The molecular weight excluding hydrogens is 1140 g/mol. The van der Waals surface area contributed by atoms with E-state index in [1.165, 1.54) is 29.6 Å². The highest BCUT2D eigenvalue weighted by Crippen LogP contribution is 2.68. The van der Waals surface area contributed by atoms with E-state index in [0.29, 0.717) is 0 Å². The molecule has 426 valence electrons. The zero-order valence-electron chi connectivity index (χ0n) is 40.2. The van der Waals surface area contributed by atoms with Gasteiger partial charge in [0.2, 0.25) is 23.6 Å². The van der Waals surface area contributed by atoms with Crippen LogP contribution in [-0.2, 0) is 71.2 Å². The first-order valence-electron chi connectivity index (χ1n) is 22.4. The number of phosphoric acid groups is 3. The summed E-state index contributed by atoms with van der Waals surface area (Å²) >= 11 is 0. The second-order valence-electron chi connectivity index (χ2n) is 17.5. The summed E-state index contributed by atoms with van der Waals surface area (Å²) in [6.07, 6.45) is -12.6. The predicted molar refractivity (Wildman–Crippen MR) is 252 cm³/mol. The lowest BCUT2D eigenvalue weighted by Crippen LogP contribution is -2.45. The van der Waals surface area contributed by atoms with Crippen LogP contribution >= 0.6 is 31.1 Å². The average molecular weight is 1180 g/mol. The Labute approximate surface area is 433 Å². The third-order valence-electron chi connectivity index (χ3n) is 12.6. The molecule has 39 nitrogen and oxygen atoms in total. The zero-order chi connectivity index (χ0) is 56.6. The fourth-order valence-electron chi connectivity index (χ4n) is 9.13. The van der Waals surface area contributed by atoms with Gasteiger partial charge in [-0.15, -0.1) is 0 Å². The van der Waals surface area contributed by atoms with E-state index in [9.17, 15) is 67.5 Å².